The molecule has 2 rings (SSSR count). The van der Waals surface area contributed by atoms with Crippen molar-refractivity contribution in [3.63, 3.8) is 0 Å². The molecule has 15 heavy (non-hydrogen) atoms. The van der Waals surface area contributed by atoms with E-state index < -0.39 is 0 Å². The molecule has 1 N–H and O–H groups in total. The molecular weight excluding hydrogens is 206 g/mol. The van der Waals surface area contributed by atoms with Gasteiger partial charge in [-0.3, -0.25) is 4.68 Å². The van der Waals surface area contributed by atoms with Crippen LogP contribution in [0.3, 0.4) is 0 Å². The van der Waals surface area contributed by atoms with Crippen LogP contribution in [0.15, 0.2) is 12.4 Å². The summed E-state index contributed by atoms with van der Waals surface area (Å²) in [5.74, 6) is 2.61. The van der Waals surface area contributed by atoms with Crippen LogP contribution < -0.4 is 5.32 Å². The van der Waals surface area contributed by atoms with Crippen molar-refractivity contribution < 1.29 is 0 Å². The first kappa shape index (κ1) is 11.0. The standard InChI is InChI=1S/C11H19N3S/c1-2-14-8-10(7-13-14)6-12-11-4-3-5-15-9-11/h7-8,11-12H,2-6,9H2,1H3. The molecule has 0 spiro atoms. The Morgan fingerprint density at radius 3 is 3.27 bits per heavy atom. The molecule has 4 heteroatoms. The Labute approximate surface area is 95.6 Å². The number of thioether (sulfide) groups is 1. The number of rotatable bonds is 4. The largest absolute Gasteiger partial charge is 0.309 e. The van der Waals surface area contributed by atoms with Crippen LogP contribution >= 0.6 is 11.8 Å². The van der Waals surface area contributed by atoms with Gasteiger partial charge in [0, 0.05) is 36.6 Å². The van der Waals surface area contributed by atoms with E-state index in [0.717, 1.165) is 13.1 Å². The van der Waals surface area contributed by atoms with Crippen molar-refractivity contribution in [2.45, 2.75) is 38.9 Å². The topological polar surface area (TPSA) is 29.9 Å². The number of nitrogens with zero attached hydrogens (tertiary/aromatic N) is 2. The van der Waals surface area contributed by atoms with Crippen LogP contribution in [0.4, 0.5) is 0 Å². The van der Waals surface area contributed by atoms with Crippen molar-refractivity contribution in [1.82, 2.24) is 15.1 Å². The third-order valence-corrected chi connectivity index (χ3v) is 3.98. The second-order valence-electron chi connectivity index (χ2n) is 4.00. The minimum Gasteiger partial charge on any atom is -0.309 e. The SMILES string of the molecule is CCn1cc(CNC2CCCSC2)cn1. The Kier molecular flexibility index (Phi) is 4.09. The van der Waals surface area contributed by atoms with E-state index in [4.69, 9.17) is 0 Å². The maximum atomic E-state index is 4.27. The van der Waals surface area contributed by atoms with Crippen LogP contribution in [-0.4, -0.2) is 27.3 Å². The second-order valence-corrected chi connectivity index (χ2v) is 5.15. The fourth-order valence-electron chi connectivity index (χ4n) is 1.83. The maximum Gasteiger partial charge on any atom is 0.0534 e. The third kappa shape index (κ3) is 3.24. The molecule has 1 aromatic heterocycles. The molecule has 0 radical (unpaired) electrons. The van der Waals surface area contributed by atoms with E-state index in [1.54, 1.807) is 0 Å². The van der Waals surface area contributed by atoms with Gasteiger partial charge >= 0.3 is 0 Å². The summed E-state index contributed by atoms with van der Waals surface area (Å²) in [4.78, 5) is 0. The lowest BCUT2D eigenvalue weighted by molar-refractivity contribution is 0.507. The molecule has 0 aromatic carbocycles. The molecule has 1 fully saturated rings. The predicted molar refractivity (Wildman–Crippen MR) is 65.1 cm³/mol. The number of nitrogens with one attached hydrogen (secondary N) is 1. The summed E-state index contributed by atoms with van der Waals surface area (Å²) >= 11 is 2.06. The van der Waals surface area contributed by atoms with Crippen LogP contribution in [0.25, 0.3) is 0 Å². The minimum atomic E-state index is 0.703. The molecule has 2 heterocycles. The van der Waals surface area contributed by atoms with Gasteiger partial charge in [-0.25, -0.2) is 0 Å². The van der Waals surface area contributed by atoms with Crippen molar-refractivity contribution in [1.29, 1.82) is 0 Å². The van der Waals surface area contributed by atoms with E-state index in [0.29, 0.717) is 6.04 Å². The van der Waals surface area contributed by atoms with Crippen LogP contribution in [0.2, 0.25) is 0 Å². The summed E-state index contributed by atoms with van der Waals surface area (Å²) in [5, 5.41) is 7.87. The summed E-state index contributed by atoms with van der Waals surface area (Å²) in [6.45, 7) is 4.03. The van der Waals surface area contributed by atoms with E-state index in [9.17, 15) is 0 Å². The first-order valence-electron chi connectivity index (χ1n) is 5.71. The van der Waals surface area contributed by atoms with Crippen molar-refractivity contribution in [2.24, 2.45) is 0 Å². The molecule has 1 unspecified atom stereocenters. The molecule has 1 aliphatic rings. The summed E-state index contributed by atoms with van der Waals surface area (Å²) in [7, 11) is 0. The first-order valence-corrected chi connectivity index (χ1v) is 6.86. The molecule has 0 bridgehead atoms. The zero-order valence-corrected chi connectivity index (χ0v) is 10.1. The van der Waals surface area contributed by atoms with Crippen LogP contribution in [0.5, 0.6) is 0 Å². The highest BCUT2D eigenvalue weighted by Gasteiger charge is 2.12. The zero-order valence-electron chi connectivity index (χ0n) is 9.28. The van der Waals surface area contributed by atoms with E-state index in [-0.39, 0.29) is 0 Å². The first-order chi connectivity index (χ1) is 7.38. The zero-order chi connectivity index (χ0) is 10.5. The van der Waals surface area contributed by atoms with Gasteiger partial charge in [-0.2, -0.15) is 16.9 Å². The molecule has 1 aliphatic heterocycles. The molecule has 1 atom stereocenters. The van der Waals surface area contributed by atoms with Gasteiger partial charge in [-0.05, 0) is 25.5 Å². The molecular formula is C11H19N3S. The third-order valence-electron chi connectivity index (χ3n) is 2.77. The molecule has 3 nitrogen and oxygen atoms in total. The lowest BCUT2D eigenvalue weighted by Crippen LogP contribution is -2.33. The van der Waals surface area contributed by atoms with Crippen molar-refractivity contribution in [3.05, 3.63) is 18.0 Å². The average Bonchev–Trinajstić information content (AvgIpc) is 2.76. The Hall–Kier alpha value is -0.480. The van der Waals surface area contributed by atoms with Crippen LogP contribution in [-0.2, 0) is 13.1 Å². The second kappa shape index (κ2) is 5.56. The minimum absolute atomic E-state index is 0.703. The van der Waals surface area contributed by atoms with Gasteiger partial charge in [0.05, 0.1) is 6.20 Å². The quantitative estimate of drug-likeness (QED) is 0.848. The fourth-order valence-corrected chi connectivity index (χ4v) is 2.94. The lowest BCUT2D eigenvalue weighted by atomic mass is 10.2. The van der Waals surface area contributed by atoms with E-state index in [1.165, 1.54) is 29.9 Å². The van der Waals surface area contributed by atoms with E-state index >= 15 is 0 Å². The number of hydrogen-bond donors (Lipinski definition) is 1. The summed E-state index contributed by atoms with van der Waals surface area (Å²) in [5.41, 5.74) is 1.30. The maximum absolute atomic E-state index is 4.27. The number of aromatic nitrogens is 2. The summed E-state index contributed by atoms with van der Waals surface area (Å²) in [6, 6.07) is 0.703. The van der Waals surface area contributed by atoms with Gasteiger partial charge in [0.2, 0.25) is 0 Å². The number of aryl methyl sites for hydroxylation is 1. The van der Waals surface area contributed by atoms with Crippen molar-refractivity contribution in [2.75, 3.05) is 11.5 Å². The van der Waals surface area contributed by atoms with E-state index in [1.807, 2.05) is 10.9 Å². The van der Waals surface area contributed by atoms with E-state index in [2.05, 4.69) is 35.3 Å². The Bertz CT molecular complexity index is 292. The molecule has 0 saturated carbocycles. The van der Waals surface area contributed by atoms with Gasteiger partial charge in [-0.1, -0.05) is 0 Å². The van der Waals surface area contributed by atoms with Gasteiger partial charge in [0.1, 0.15) is 0 Å². The predicted octanol–water partition coefficient (Wildman–Crippen LogP) is 1.89. The van der Waals surface area contributed by atoms with Crippen LogP contribution in [0.1, 0.15) is 25.3 Å². The molecule has 0 aliphatic carbocycles. The fraction of sp³-hybridized carbons (Fsp3) is 0.727. The number of hydrogen-bond acceptors (Lipinski definition) is 3. The van der Waals surface area contributed by atoms with Gasteiger partial charge < -0.3 is 5.32 Å². The Balaban J connectivity index is 1.76. The van der Waals surface area contributed by atoms with Crippen molar-refractivity contribution in [3.8, 4) is 0 Å². The van der Waals surface area contributed by atoms with Crippen LogP contribution in [0, 0.1) is 0 Å². The molecule has 0 amide bonds. The Morgan fingerprint density at radius 2 is 2.60 bits per heavy atom. The highest BCUT2D eigenvalue weighted by Crippen LogP contribution is 2.17. The summed E-state index contributed by atoms with van der Waals surface area (Å²) in [6.07, 6.45) is 6.78. The average molecular weight is 225 g/mol. The van der Waals surface area contributed by atoms with Gasteiger partial charge in [0.25, 0.3) is 0 Å². The van der Waals surface area contributed by atoms with Gasteiger partial charge in [0.15, 0.2) is 0 Å². The molecule has 1 saturated heterocycles. The highest BCUT2D eigenvalue weighted by molar-refractivity contribution is 7.99. The smallest absolute Gasteiger partial charge is 0.0534 e. The monoisotopic (exact) mass is 225 g/mol. The highest BCUT2D eigenvalue weighted by atomic mass is 32.2. The lowest BCUT2D eigenvalue weighted by Gasteiger charge is -2.22. The normalized spacial score (nSPS) is 21.8. The Morgan fingerprint density at radius 1 is 1.67 bits per heavy atom. The molecule has 1 aromatic rings. The van der Waals surface area contributed by atoms with Gasteiger partial charge in [-0.15, -0.1) is 0 Å². The summed E-state index contributed by atoms with van der Waals surface area (Å²) < 4.78 is 1.98. The van der Waals surface area contributed by atoms with Crippen molar-refractivity contribution >= 4 is 11.8 Å². The molecule has 84 valence electrons.